The lowest BCUT2D eigenvalue weighted by atomic mass is 10.2. The maximum atomic E-state index is 12.3. The predicted octanol–water partition coefficient (Wildman–Crippen LogP) is -0.0897. The Morgan fingerprint density at radius 3 is 2.48 bits per heavy atom. The zero-order chi connectivity index (χ0) is 17.6. The van der Waals surface area contributed by atoms with E-state index in [2.05, 4.69) is 21.3 Å². The fourth-order valence-electron chi connectivity index (χ4n) is 3.10. The summed E-state index contributed by atoms with van der Waals surface area (Å²) < 4.78 is 0. The Balaban J connectivity index is 1.46. The number of nitrogens with one attached hydrogen (secondary N) is 3. The van der Waals surface area contributed by atoms with Gasteiger partial charge in [0.15, 0.2) is 6.54 Å². The van der Waals surface area contributed by atoms with Crippen LogP contribution in [0.2, 0.25) is 0 Å². The number of hydrogen-bond acceptors (Lipinski definition) is 3. The second-order valence-corrected chi connectivity index (χ2v) is 6.65. The summed E-state index contributed by atoms with van der Waals surface area (Å²) in [6.45, 7) is 4.37. The van der Waals surface area contributed by atoms with E-state index in [9.17, 15) is 4.79 Å². The van der Waals surface area contributed by atoms with E-state index in [1.807, 2.05) is 61.6 Å². The van der Waals surface area contributed by atoms with Gasteiger partial charge in [0.05, 0.1) is 6.20 Å². The summed E-state index contributed by atoms with van der Waals surface area (Å²) in [4.78, 5) is 21.3. The monoisotopic (exact) mass is 341 g/mol. The summed E-state index contributed by atoms with van der Waals surface area (Å²) >= 11 is 0. The molecule has 1 aliphatic heterocycles. The Morgan fingerprint density at radius 1 is 1.16 bits per heavy atom. The molecule has 132 valence electrons. The standard InChI is InChI=1S/C19H25N5O/c1-22(2)17-8-6-16(7-9-17)21-19(25)15-23-11-13-24(14-12-23)18-5-3-4-10-20-18/h3-10H,11-15H2,1-2H3,(H,21,25)/p+2. The van der Waals surface area contributed by atoms with Crippen LogP contribution in [0.5, 0.6) is 0 Å². The number of H-pyrrole nitrogens is 1. The highest BCUT2D eigenvalue weighted by atomic mass is 16.2. The topological polar surface area (TPSA) is 54.2 Å². The van der Waals surface area contributed by atoms with Crippen LogP contribution in [-0.4, -0.2) is 52.7 Å². The van der Waals surface area contributed by atoms with Crippen LogP contribution in [0.15, 0.2) is 48.7 Å². The van der Waals surface area contributed by atoms with Crippen LogP contribution in [0.1, 0.15) is 0 Å². The molecular weight excluding hydrogens is 314 g/mol. The van der Waals surface area contributed by atoms with Gasteiger partial charge in [0, 0.05) is 31.5 Å². The molecule has 6 heteroatoms. The van der Waals surface area contributed by atoms with Gasteiger partial charge in [-0.1, -0.05) is 6.07 Å². The van der Waals surface area contributed by atoms with Crippen LogP contribution < -0.4 is 25.0 Å². The van der Waals surface area contributed by atoms with E-state index >= 15 is 0 Å². The minimum absolute atomic E-state index is 0.0762. The van der Waals surface area contributed by atoms with Gasteiger partial charge in [-0.15, -0.1) is 0 Å². The van der Waals surface area contributed by atoms with Crippen molar-refractivity contribution in [3.05, 3.63) is 48.7 Å². The Labute approximate surface area is 149 Å². The predicted molar refractivity (Wildman–Crippen MR) is 100 cm³/mol. The summed E-state index contributed by atoms with van der Waals surface area (Å²) in [5.74, 6) is 1.22. The summed E-state index contributed by atoms with van der Waals surface area (Å²) in [6.07, 6.45) is 1.95. The largest absolute Gasteiger partial charge is 0.378 e. The number of hydrogen-bond donors (Lipinski definition) is 2. The number of benzene rings is 1. The maximum absolute atomic E-state index is 12.3. The van der Waals surface area contributed by atoms with E-state index in [-0.39, 0.29) is 5.91 Å². The number of quaternary nitrogens is 1. The van der Waals surface area contributed by atoms with E-state index in [1.165, 1.54) is 4.90 Å². The molecule has 2 aromatic rings. The van der Waals surface area contributed by atoms with Gasteiger partial charge in [0.2, 0.25) is 0 Å². The first-order valence-electron chi connectivity index (χ1n) is 8.74. The van der Waals surface area contributed by atoms with Gasteiger partial charge >= 0.3 is 0 Å². The number of nitrogens with zero attached hydrogens (tertiary/aromatic N) is 2. The lowest BCUT2D eigenvalue weighted by molar-refractivity contribution is -0.892. The van der Waals surface area contributed by atoms with Crippen LogP contribution in [0, 0.1) is 0 Å². The molecular formula is C19H27N5O+2. The van der Waals surface area contributed by atoms with Gasteiger partial charge in [-0.05, 0) is 30.3 Å². The van der Waals surface area contributed by atoms with Crippen molar-refractivity contribution < 1.29 is 14.7 Å². The quantitative estimate of drug-likeness (QED) is 0.799. The Hall–Kier alpha value is -2.60. The molecule has 0 atom stereocenters. The molecule has 6 nitrogen and oxygen atoms in total. The minimum atomic E-state index is 0.0762. The molecule has 1 aromatic heterocycles. The molecule has 1 aliphatic rings. The second-order valence-electron chi connectivity index (χ2n) is 6.65. The van der Waals surface area contributed by atoms with E-state index in [0.717, 1.165) is 43.4 Å². The van der Waals surface area contributed by atoms with Crippen molar-refractivity contribution in [2.45, 2.75) is 0 Å². The molecule has 1 amide bonds. The second kappa shape index (κ2) is 7.98. The molecule has 0 unspecified atom stereocenters. The molecule has 1 aromatic carbocycles. The molecule has 2 heterocycles. The van der Waals surface area contributed by atoms with Crippen molar-refractivity contribution in [3.63, 3.8) is 0 Å². The third-order valence-electron chi connectivity index (χ3n) is 4.58. The molecule has 0 radical (unpaired) electrons. The molecule has 1 fully saturated rings. The van der Waals surface area contributed by atoms with Crippen molar-refractivity contribution in [3.8, 4) is 0 Å². The van der Waals surface area contributed by atoms with Crippen molar-refractivity contribution in [1.29, 1.82) is 0 Å². The summed E-state index contributed by atoms with van der Waals surface area (Å²) in [5.41, 5.74) is 1.98. The number of carbonyl (C=O) groups excluding carboxylic acids is 1. The number of anilines is 3. The highest BCUT2D eigenvalue weighted by Crippen LogP contribution is 2.15. The van der Waals surface area contributed by atoms with Gasteiger partial charge in [0.25, 0.3) is 11.7 Å². The highest BCUT2D eigenvalue weighted by Gasteiger charge is 2.27. The van der Waals surface area contributed by atoms with Crippen LogP contribution in [0.25, 0.3) is 0 Å². The molecule has 0 aliphatic carbocycles. The zero-order valence-electron chi connectivity index (χ0n) is 15.0. The number of aromatic amines is 1. The van der Waals surface area contributed by atoms with Gasteiger partial charge in [-0.2, -0.15) is 0 Å². The average molecular weight is 341 g/mol. The zero-order valence-corrected chi connectivity index (χ0v) is 15.0. The van der Waals surface area contributed by atoms with Crippen molar-refractivity contribution in [2.75, 3.05) is 61.9 Å². The summed E-state index contributed by atoms with van der Waals surface area (Å²) in [6, 6.07) is 14.0. The number of pyridine rings is 1. The fraction of sp³-hybridized carbons (Fsp3) is 0.368. The Morgan fingerprint density at radius 2 is 1.88 bits per heavy atom. The fourth-order valence-corrected chi connectivity index (χ4v) is 3.10. The number of rotatable bonds is 5. The number of amides is 1. The van der Waals surface area contributed by atoms with E-state index in [4.69, 9.17) is 0 Å². The normalized spacial score (nSPS) is 15.0. The maximum Gasteiger partial charge on any atom is 0.279 e. The molecule has 1 saturated heterocycles. The van der Waals surface area contributed by atoms with Crippen LogP contribution in [-0.2, 0) is 4.79 Å². The summed E-state index contributed by atoms with van der Waals surface area (Å²) in [5, 5.41) is 3.00. The number of piperazine rings is 1. The Bertz CT molecular complexity index is 679. The van der Waals surface area contributed by atoms with Crippen molar-refractivity contribution in [2.24, 2.45) is 0 Å². The van der Waals surface area contributed by atoms with Gasteiger partial charge in [-0.25, -0.2) is 4.98 Å². The molecule has 3 N–H and O–H groups in total. The summed E-state index contributed by atoms with van der Waals surface area (Å²) in [7, 11) is 4.01. The number of aromatic nitrogens is 1. The van der Waals surface area contributed by atoms with E-state index in [0.29, 0.717) is 6.54 Å². The first kappa shape index (κ1) is 17.2. The van der Waals surface area contributed by atoms with Crippen molar-refractivity contribution in [1.82, 2.24) is 0 Å². The number of carbonyl (C=O) groups is 1. The van der Waals surface area contributed by atoms with Crippen LogP contribution in [0.4, 0.5) is 17.2 Å². The molecule has 0 bridgehead atoms. The van der Waals surface area contributed by atoms with Gasteiger partial charge < -0.3 is 15.1 Å². The third kappa shape index (κ3) is 4.70. The van der Waals surface area contributed by atoms with Crippen molar-refractivity contribution >= 4 is 23.1 Å². The lowest BCUT2D eigenvalue weighted by Gasteiger charge is -2.27. The highest BCUT2D eigenvalue weighted by molar-refractivity contribution is 5.91. The minimum Gasteiger partial charge on any atom is -0.378 e. The smallest absolute Gasteiger partial charge is 0.279 e. The molecule has 0 saturated carbocycles. The third-order valence-corrected chi connectivity index (χ3v) is 4.58. The van der Waals surface area contributed by atoms with Crippen LogP contribution in [0.3, 0.4) is 0 Å². The first-order valence-corrected chi connectivity index (χ1v) is 8.74. The molecule has 25 heavy (non-hydrogen) atoms. The average Bonchev–Trinajstić information content (AvgIpc) is 2.63. The van der Waals surface area contributed by atoms with E-state index in [1.54, 1.807) is 0 Å². The lowest BCUT2D eigenvalue weighted by Crippen LogP contribution is -3.15. The Kier molecular flexibility index (Phi) is 5.50. The SMILES string of the molecule is CN(C)c1ccc(NC(=O)C[NH+]2CCN(c3cccc[nH+]3)CC2)cc1. The van der Waals surface area contributed by atoms with Crippen LogP contribution >= 0.6 is 0 Å². The molecule has 3 rings (SSSR count). The first-order chi connectivity index (χ1) is 12.1. The van der Waals surface area contributed by atoms with E-state index < -0.39 is 0 Å². The van der Waals surface area contributed by atoms with Gasteiger partial charge in [-0.3, -0.25) is 9.69 Å². The molecule has 0 spiro atoms. The van der Waals surface area contributed by atoms with Gasteiger partial charge in [0.1, 0.15) is 26.2 Å².